The van der Waals surface area contributed by atoms with Gasteiger partial charge in [-0.25, -0.2) is 0 Å². The normalized spacial score (nSPS) is 13.4. The Bertz CT molecular complexity index is 967. The smallest absolute Gasteiger partial charge is 0.306 e. The summed E-state index contributed by atoms with van der Waals surface area (Å²) in [6.45, 7) is 6.97. The number of hydrogen-bond acceptors (Lipinski definition) is 6. The van der Waals surface area contributed by atoms with Crippen LogP contribution in [0.15, 0.2) is 41.0 Å². The zero-order valence-electron chi connectivity index (χ0n) is 20.9. The van der Waals surface area contributed by atoms with Crippen LogP contribution in [0.25, 0.3) is 0 Å². The fourth-order valence-corrected chi connectivity index (χ4v) is 4.22. The highest BCUT2D eigenvalue weighted by Gasteiger charge is 2.24. The molecule has 8 heteroatoms. The summed E-state index contributed by atoms with van der Waals surface area (Å²) in [6, 6.07) is 9.27. The van der Waals surface area contributed by atoms with Crippen molar-refractivity contribution in [3.8, 4) is 0 Å². The summed E-state index contributed by atoms with van der Waals surface area (Å²) in [7, 11) is 0. The number of nitrogens with zero attached hydrogens (tertiary/aromatic N) is 2. The predicted octanol–water partition coefficient (Wildman–Crippen LogP) is 4.99. The minimum Gasteiger partial charge on any atom is -0.467 e. The molecule has 0 spiro atoms. The Morgan fingerprint density at radius 3 is 2.57 bits per heavy atom. The van der Waals surface area contributed by atoms with Crippen molar-refractivity contribution in [3.05, 3.63) is 47.9 Å². The van der Waals surface area contributed by atoms with Gasteiger partial charge in [0.15, 0.2) is 0 Å². The van der Waals surface area contributed by atoms with Crippen molar-refractivity contribution >= 4 is 29.2 Å². The van der Waals surface area contributed by atoms with Gasteiger partial charge in [-0.1, -0.05) is 13.3 Å². The number of carbonyl (C=O) groups is 3. The van der Waals surface area contributed by atoms with Gasteiger partial charge in [0.05, 0.1) is 37.1 Å². The second-order valence-electron chi connectivity index (χ2n) is 8.79. The van der Waals surface area contributed by atoms with Gasteiger partial charge >= 0.3 is 5.97 Å². The monoisotopic (exact) mass is 483 g/mol. The molecular weight excluding hydrogens is 446 g/mol. The second-order valence-corrected chi connectivity index (χ2v) is 8.79. The summed E-state index contributed by atoms with van der Waals surface area (Å²) in [4.78, 5) is 41.7. The van der Waals surface area contributed by atoms with Gasteiger partial charge < -0.3 is 24.3 Å². The van der Waals surface area contributed by atoms with E-state index < -0.39 is 5.97 Å². The second kappa shape index (κ2) is 13.6. The number of nitrogens with one attached hydrogen (secondary N) is 1. The third kappa shape index (κ3) is 7.87. The topological polar surface area (TPSA) is 92.1 Å². The number of hydrogen-bond donors (Lipinski definition) is 1. The van der Waals surface area contributed by atoms with E-state index in [4.69, 9.17) is 9.15 Å². The van der Waals surface area contributed by atoms with E-state index in [0.29, 0.717) is 17.8 Å². The van der Waals surface area contributed by atoms with Crippen molar-refractivity contribution in [2.75, 3.05) is 36.5 Å². The van der Waals surface area contributed by atoms with Crippen LogP contribution in [0.5, 0.6) is 0 Å². The van der Waals surface area contributed by atoms with Crippen LogP contribution in [-0.4, -0.2) is 48.9 Å². The maximum Gasteiger partial charge on any atom is 0.306 e. The number of esters is 1. The lowest BCUT2D eigenvalue weighted by Crippen LogP contribution is -2.37. The highest BCUT2D eigenvalue weighted by molar-refractivity contribution is 6.02. The van der Waals surface area contributed by atoms with E-state index in [1.807, 2.05) is 29.2 Å². The molecule has 8 nitrogen and oxygen atoms in total. The first kappa shape index (κ1) is 26.3. The summed E-state index contributed by atoms with van der Waals surface area (Å²) in [5.41, 5.74) is 1.93. The quantitative estimate of drug-likeness (QED) is 0.428. The molecule has 2 heterocycles. The number of rotatable bonds is 12. The number of unbranched alkanes of at least 4 members (excludes halogenated alkanes) is 1. The lowest BCUT2D eigenvalue weighted by Gasteiger charge is -2.31. The minimum atomic E-state index is -0.400. The number of amides is 2. The molecule has 0 bridgehead atoms. The zero-order valence-corrected chi connectivity index (χ0v) is 20.9. The molecule has 1 aliphatic rings. The van der Waals surface area contributed by atoms with E-state index in [2.05, 4.69) is 17.1 Å². The predicted molar refractivity (Wildman–Crippen MR) is 135 cm³/mol. The Labute approximate surface area is 207 Å². The molecule has 3 rings (SSSR count). The fraction of sp³-hybridized carbons (Fsp3) is 0.519. The van der Waals surface area contributed by atoms with E-state index in [1.54, 1.807) is 19.3 Å². The number of ether oxygens (including phenoxy) is 1. The largest absolute Gasteiger partial charge is 0.467 e. The molecule has 35 heavy (non-hydrogen) atoms. The lowest BCUT2D eigenvalue weighted by atomic mass is 10.1. The van der Waals surface area contributed by atoms with Gasteiger partial charge in [-0.05, 0) is 62.9 Å². The van der Waals surface area contributed by atoms with Crippen LogP contribution in [0.3, 0.4) is 0 Å². The molecule has 1 fully saturated rings. The Morgan fingerprint density at radius 2 is 1.89 bits per heavy atom. The summed E-state index contributed by atoms with van der Waals surface area (Å²) in [6.07, 6.45) is 6.83. The SMILES string of the molecule is CCCCN(Cc1ccco1)c1ccc(NC(=O)CCC(=O)OCC)cc1C(=O)N1CCCCC1. The Kier molecular flexibility index (Phi) is 10.2. The van der Waals surface area contributed by atoms with Gasteiger partial charge in [0, 0.05) is 31.7 Å². The third-order valence-electron chi connectivity index (χ3n) is 6.06. The number of carbonyl (C=O) groups excluding carboxylic acids is 3. The third-order valence-corrected chi connectivity index (χ3v) is 6.06. The number of anilines is 2. The van der Waals surface area contributed by atoms with Crippen molar-refractivity contribution in [1.29, 1.82) is 0 Å². The molecule has 0 unspecified atom stereocenters. The van der Waals surface area contributed by atoms with E-state index in [9.17, 15) is 14.4 Å². The first-order chi connectivity index (χ1) is 17.0. The summed E-state index contributed by atoms with van der Waals surface area (Å²) < 4.78 is 10.5. The van der Waals surface area contributed by atoms with Crippen LogP contribution in [0, 0.1) is 0 Å². The molecule has 0 aliphatic carbocycles. The molecule has 1 aliphatic heterocycles. The van der Waals surface area contributed by atoms with Crippen LogP contribution < -0.4 is 10.2 Å². The number of furan rings is 1. The van der Waals surface area contributed by atoms with E-state index in [-0.39, 0.29) is 31.3 Å². The van der Waals surface area contributed by atoms with E-state index >= 15 is 0 Å². The van der Waals surface area contributed by atoms with Crippen LogP contribution in [0.2, 0.25) is 0 Å². The van der Waals surface area contributed by atoms with Crippen LogP contribution >= 0.6 is 0 Å². The molecule has 0 atom stereocenters. The molecule has 1 saturated heterocycles. The van der Waals surface area contributed by atoms with Crippen molar-refractivity contribution in [3.63, 3.8) is 0 Å². The zero-order chi connectivity index (χ0) is 25.0. The van der Waals surface area contributed by atoms with Crippen molar-refractivity contribution in [1.82, 2.24) is 4.90 Å². The summed E-state index contributed by atoms with van der Waals surface area (Å²) >= 11 is 0. The molecule has 2 aromatic rings. The van der Waals surface area contributed by atoms with Gasteiger partial charge in [0.25, 0.3) is 5.91 Å². The maximum atomic E-state index is 13.6. The first-order valence-corrected chi connectivity index (χ1v) is 12.7. The average molecular weight is 484 g/mol. The molecule has 2 amide bonds. The van der Waals surface area contributed by atoms with Crippen molar-refractivity contribution in [2.45, 2.75) is 65.3 Å². The number of piperidine rings is 1. The lowest BCUT2D eigenvalue weighted by molar-refractivity contribution is -0.144. The Morgan fingerprint density at radius 1 is 1.09 bits per heavy atom. The van der Waals surface area contributed by atoms with Crippen LogP contribution in [-0.2, 0) is 20.9 Å². The van der Waals surface area contributed by atoms with Gasteiger partial charge in [0.1, 0.15) is 5.76 Å². The van der Waals surface area contributed by atoms with Crippen LogP contribution in [0.1, 0.15) is 74.9 Å². The van der Waals surface area contributed by atoms with Crippen LogP contribution in [0.4, 0.5) is 11.4 Å². The summed E-state index contributed by atoms with van der Waals surface area (Å²) in [5, 5.41) is 2.84. The molecule has 1 aromatic carbocycles. The highest BCUT2D eigenvalue weighted by Crippen LogP contribution is 2.29. The molecule has 0 saturated carbocycles. The molecule has 190 valence electrons. The standard InChI is InChI=1S/C27H37N3O5/c1-3-5-15-30(20-22-10-9-18-35-22)24-12-11-21(28-25(31)13-14-26(32)34-4-2)19-23(24)27(33)29-16-7-6-8-17-29/h9-12,18-19H,3-8,13-17,20H2,1-2H3,(H,28,31). The number of benzene rings is 1. The minimum absolute atomic E-state index is 0.0191. The average Bonchev–Trinajstić information content (AvgIpc) is 3.39. The van der Waals surface area contributed by atoms with Crippen molar-refractivity contribution < 1.29 is 23.5 Å². The van der Waals surface area contributed by atoms with E-state index in [1.165, 1.54) is 0 Å². The maximum absolute atomic E-state index is 13.6. The Balaban J connectivity index is 1.85. The van der Waals surface area contributed by atoms with Gasteiger partial charge in [0.2, 0.25) is 5.91 Å². The first-order valence-electron chi connectivity index (χ1n) is 12.7. The number of likely N-dealkylation sites (tertiary alicyclic amines) is 1. The van der Waals surface area contributed by atoms with Gasteiger partial charge in [-0.2, -0.15) is 0 Å². The summed E-state index contributed by atoms with van der Waals surface area (Å²) in [5.74, 6) is 0.112. The molecular formula is C27H37N3O5. The molecule has 1 N–H and O–H groups in total. The van der Waals surface area contributed by atoms with E-state index in [0.717, 1.165) is 63.2 Å². The molecule has 1 aromatic heterocycles. The fourth-order valence-electron chi connectivity index (χ4n) is 4.22. The van der Waals surface area contributed by atoms with Gasteiger partial charge in [-0.15, -0.1) is 0 Å². The van der Waals surface area contributed by atoms with Gasteiger partial charge in [-0.3, -0.25) is 14.4 Å². The highest BCUT2D eigenvalue weighted by atomic mass is 16.5. The van der Waals surface area contributed by atoms with Crippen molar-refractivity contribution in [2.24, 2.45) is 0 Å². The Hall–Kier alpha value is -3.29. The molecule has 0 radical (unpaired) electrons.